The van der Waals surface area contributed by atoms with Crippen LogP contribution < -0.4 is 26.0 Å². The number of nitrogen functional groups attached to an aromatic ring is 1. The number of anilines is 1. The first-order valence-corrected chi connectivity index (χ1v) is 15.7. The van der Waals surface area contributed by atoms with Crippen molar-refractivity contribution in [1.29, 1.82) is 0 Å². The summed E-state index contributed by atoms with van der Waals surface area (Å²) in [4.78, 5) is 53.4. The van der Waals surface area contributed by atoms with Crippen LogP contribution in [0.15, 0.2) is 41.1 Å². The van der Waals surface area contributed by atoms with E-state index in [-0.39, 0.29) is 35.5 Å². The zero-order valence-corrected chi connectivity index (χ0v) is 24.9. The Hall–Kier alpha value is -4.09. The van der Waals surface area contributed by atoms with Gasteiger partial charge in [0, 0.05) is 35.4 Å². The van der Waals surface area contributed by atoms with Crippen LogP contribution in [0.25, 0.3) is 11.2 Å². The second-order valence-electron chi connectivity index (χ2n) is 10.3. The van der Waals surface area contributed by atoms with Crippen molar-refractivity contribution in [3.05, 3.63) is 41.8 Å². The van der Waals surface area contributed by atoms with E-state index in [0.29, 0.717) is 23.0 Å². The van der Waals surface area contributed by atoms with Crippen molar-refractivity contribution >= 4 is 63.1 Å². The highest BCUT2D eigenvalue weighted by atomic mass is 32.2. The smallest absolute Gasteiger partial charge is 0.349 e. The van der Waals surface area contributed by atoms with E-state index in [1.807, 2.05) is 22.9 Å². The minimum atomic E-state index is -1.46. The number of β-lactam (4-membered cyclic amide) rings is 1. The first-order chi connectivity index (χ1) is 20.9. The van der Waals surface area contributed by atoms with Crippen molar-refractivity contribution in [2.45, 2.75) is 56.7 Å². The lowest BCUT2D eigenvalue weighted by atomic mass is 10.0. The summed E-state index contributed by atoms with van der Waals surface area (Å²) >= 11 is 2.24. The summed E-state index contributed by atoms with van der Waals surface area (Å²) in [6, 6.07) is 3.56. The SMILES string of the molecule is CCO/N=C(\C(=O)NC1C(=O)N2C(C(=O)[O-])=C(C[n+]3cccc4c3ncn4CCCNC3CC3)CSC12)c1nsc(N)n1. The molecule has 2 atom stereocenters. The Kier molecular flexibility index (Phi) is 8.27. The number of aliphatic carboxylic acids is 1. The van der Waals surface area contributed by atoms with Gasteiger partial charge in [-0.3, -0.25) is 14.5 Å². The monoisotopic (exact) mass is 626 g/mol. The molecule has 2 amide bonds. The fourth-order valence-corrected chi connectivity index (χ4v) is 6.85. The highest BCUT2D eigenvalue weighted by molar-refractivity contribution is 8.00. The summed E-state index contributed by atoms with van der Waals surface area (Å²) in [5.74, 6) is -2.49. The number of nitrogens with two attached hydrogens (primary N) is 1. The molecule has 3 aromatic rings. The van der Waals surface area contributed by atoms with Gasteiger partial charge in [-0.15, -0.1) is 11.8 Å². The van der Waals surface area contributed by atoms with Crippen LogP contribution in [0.1, 0.15) is 32.0 Å². The van der Waals surface area contributed by atoms with E-state index in [9.17, 15) is 19.5 Å². The largest absolute Gasteiger partial charge is 0.543 e. The number of nitrogens with one attached hydrogen (secondary N) is 2. The van der Waals surface area contributed by atoms with E-state index in [1.165, 1.54) is 29.5 Å². The predicted molar refractivity (Wildman–Crippen MR) is 155 cm³/mol. The molecule has 1 saturated heterocycles. The van der Waals surface area contributed by atoms with E-state index in [1.54, 1.807) is 13.3 Å². The number of carbonyl (C=O) groups excluding carboxylic acids is 3. The number of oxime groups is 1. The van der Waals surface area contributed by atoms with Crippen LogP contribution in [-0.2, 0) is 32.3 Å². The lowest BCUT2D eigenvalue weighted by molar-refractivity contribution is -0.664. The van der Waals surface area contributed by atoms with E-state index in [2.05, 4.69) is 34.7 Å². The summed E-state index contributed by atoms with van der Waals surface area (Å²) in [7, 11) is 0. The van der Waals surface area contributed by atoms with Gasteiger partial charge in [0.05, 0.1) is 17.9 Å². The molecule has 0 aromatic carbocycles. The highest BCUT2D eigenvalue weighted by Gasteiger charge is 2.53. The summed E-state index contributed by atoms with van der Waals surface area (Å²) in [6.07, 6.45) is 7.10. The van der Waals surface area contributed by atoms with Crippen molar-refractivity contribution in [2.75, 3.05) is 24.6 Å². The highest BCUT2D eigenvalue weighted by Crippen LogP contribution is 2.40. The van der Waals surface area contributed by atoms with Gasteiger partial charge in [0.15, 0.2) is 5.13 Å². The Labute approximate surface area is 254 Å². The number of imidazole rings is 1. The fourth-order valence-electron chi connectivity index (χ4n) is 5.08. The van der Waals surface area contributed by atoms with Gasteiger partial charge in [0.25, 0.3) is 11.8 Å². The zero-order valence-electron chi connectivity index (χ0n) is 23.3. The van der Waals surface area contributed by atoms with Crippen molar-refractivity contribution < 1.29 is 28.9 Å². The molecule has 2 fully saturated rings. The molecule has 0 spiro atoms. The number of carboxylic acids is 1. The standard InChI is InChI=1S/C26H30N10O5S2/c1-2-41-32-17(20-31-26(27)43-33-20)22(37)30-18-23(38)36-19(25(39)40)14(12-42-24(18)36)11-34-9-3-5-16-21(34)29-13-35(16)10-4-8-28-15-6-7-15/h3,5,9,13,15,18,24,28H,2,4,6-8,10-12H2,1H3,(H3-,27,30,31,33,37,39,40)/b32-17-. The number of hydrogen-bond donors (Lipinski definition) is 3. The van der Waals surface area contributed by atoms with Crippen LogP contribution in [0.5, 0.6) is 0 Å². The number of fused-ring (bicyclic) bond motifs is 2. The lowest BCUT2D eigenvalue weighted by Crippen LogP contribution is -2.71. The maximum atomic E-state index is 13.2. The molecule has 0 radical (unpaired) electrons. The Morgan fingerprint density at radius 3 is 2.91 bits per heavy atom. The number of nitrogens with zero attached hydrogens (tertiary/aromatic N) is 7. The summed E-state index contributed by atoms with van der Waals surface area (Å²) in [5.41, 5.74) is 7.40. The Morgan fingerprint density at radius 2 is 2.19 bits per heavy atom. The first kappa shape index (κ1) is 29.0. The van der Waals surface area contributed by atoms with Gasteiger partial charge in [0.1, 0.15) is 30.1 Å². The summed E-state index contributed by atoms with van der Waals surface area (Å²) < 4.78 is 7.97. The van der Waals surface area contributed by atoms with Crippen LogP contribution in [0, 0.1) is 0 Å². The van der Waals surface area contributed by atoms with Gasteiger partial charge in [0.2, 0.25) is 17.9 Å². The van der Waals surface area contributed by atoms with Crippen molar-refractivity contribution in [3.8, 4) is 0 Å². The number of rotatable bonds is 13. The Balaban J connectivity index is 1.17. The molecule has 2 aliphatic heterocycles. The van der Waals surface area contributed by atoms with E-state index >= 15 is 0 Å². The third kappa shape index (κ3) is 5.92. The third-order valence-corrected chi connectivity index (χ3v) is 9.16. The number of thioether (sulfide) groups is 1. The Morgan fingerprint density at radius 1 is 1.35 bits per heavy atom. The van der Waals surface area contributed by atoms with Gasteiger partial charge < -0.3 is 35.7 Å². The molecule has 4 N–H and O–H groups in total. The second-order valence-corrected chi connectivity index (χ2v) is 12.2. The molecule has 2 unspecified atom stereocenters. The summed E-state index contributed by atoms with van der Waals surface area (Å²) in [6.45, 7) is 3.85. The number of aromatic nitrogens is 5. The average Bonchev–Trinajstić information content (AvgIpc) is 3.58. The van der Waals surface area contributed by atoms with Crippen LogP contribution in [0.2, 0.25) is 0 Å². The number of carbonyl (C=O) groups is 3. The number of amides is 2. The van der Waals surface area contributed by atoms with Crippen molar-refractivity contribution in [2.24, 2.45) is 5.16 Å². The fraction of sp³-hybridized carbons (Fsp3) is 0.462. The lowest BCUT2D eigenvalue weighted by Gasteiger charge is -2.50. The number of aryl methyl sites for hydroxylation is 1. The number of pyridine rings is 1. The molecule has 1 saturated carbocycles. The molecule has 5 heterocycles. The molecule has 3 aliphatic rings. The number of hydrogen-bond acceptors (Lipinski definition) is 13. The predicted octanol–water partition coefficient (Wildman–Crippen LogP) is -1.26. The van der Waals surface area contributed by atoms with Crippen LogP contribution in [-0.4, -0.2) is 83.7 Å². The maximum Gasteiger partial charge on any atom is 0.349 e. The van der Waals surface area contributed by atoms with Crippen LogP contribution in [0.3, 0.4) is 0 Å². The molecule has 6 rings (SSSR count). The molecule has 43 heavy (non-hydrogen) atoms. The molecular weight excluding hydrogens is 596 g/mol. The molecule has 17 heteroatoms. The molecular formula is C26H30N10O5S2. The van der Waals surface area contributed by atoms with Crippen LogP contribution in [0.4, 0.5) is 5.13 Å². The molecule has 226 valence electrons. The maximum absolute atomic E-state index is 13.2. The van der Waals surface area contributed by atoms with Crippen molar-refractivity contribution in [3.63, 3.8) is 0 Å². The van der Waals surface area contributed by atoms with E-state index in [4.69, 9.17) is 10.6 Å². The topological polar surface area (TPSA) is 197 Å². The molecule has 1 aliphatic carbocycles. The molecule has 3 aromatic heterocycles. The quantitative estimate of drug-likeness (QED) is 0.0674. The normalized spacial score (nSPS) is 20.3. The third-order valence-electron chi connectivity index (χ3n) is 7.28. The average molecular weight is 627 g/mol. The van der Waals surface area contributed by atoms with Crippen molar-refractivity contribution in [1.82, 2.24) is 34.4 Å². The molecule has 15 nitrogen and oxygen atoms in total. The minimum absolute atomic E-state index is 0.0328. The van der Waals surface area contributed by atoms with Gasteiger partial charge in [-0.25, -0.2) is 4.57 Å². The first-order valence-electron chi connectivity index (χ1n) is 13.9. The number of carboxylic acid groups (broad SMARTS) is 1. The van der Waals surface area contributed by atoms with Gasteiger partial charge in [-0.05, 0) is 49.8 Å². The molecule has 0 bridgehead atoms. The van der Waals surface area contributed by atoms with Gasteiger partial charge in [-0.1, -0.05) is 5.16 Å². The van der Waals surface area contributed by atoms with E-state index < -0.39 is 29.2 Å². The van der Waals surface area contributed by atoms with Gasteiger partial charge >= 0.3 is 5.65 Å². The zero-order chi connectivity index (χ0) is 30.1. The van der Waals surface area contributed by atoms with Gasteiger partial charge in [-0.2, -0.15) is 9.36 Å². The second kappa shape index (κ2) is 12.3. The Bertz CT molecular complexity index is 1630. The summed E-state index contributed by atoms with van der Waals surface area (Å²) in [5, 5.41) is 21.8. The van der Waals surface area contributed by atoms with E-state index in [0.717, 1.165) is 36.6 Å². The minimum Gasteiger partial charge on any atom is -0.543 e. The van der Waals surface area contributed by atoms with Crippen LogP contribution >= 0.6 is 23.3 Å².